The second kappa shape index (κ2) is 9.41. The number of hydrogen-bond donors (Lipinski definition) is 1. The number of nitrogens with one attached hydrogen (secondary N) is 1. The lowest BCUT2D eigenvalue weighted by molar-refractivity contribution is 0.102. The molecule has 1 aliphatic heterocycles. The van der Waals surface area contributed by atoms with E-state index in [4.69, 9.17) is 11.6 Å². The van der Waals surface area contributed by atoms with Crippen molar-refractivity contribution in [2.45, 2.75) is 17.7 Å². The van der Waals surface area contributed by atoms with Crippen LogP contribution in [0.3, 0.4) is 0 Å². The van der Waals surface area contributed by atoms with Crippen LogP contribution in [0.4, 0.5) is 21.5 Å². The van der Waals surface area contributed by atoms with Crippen molar-refractivity contribution in [1.29, 1.82) is 0 Å². The number of halogens is 2. The number of para-hydroxylation sites is 2. The van der Waals surface area contributed by atoms with Crippen molar-refractivity contribution in [3.8, 4) is 0 Å². The van der Waals surface area contributed by atoms with Gasteiger partial charge in [0.25, 0.3) is 15.9 Å². The van der Waals surface area contributed by atoms with Crippen LogP contribution in [0.1, 0.15) is 23.2 Å². The van der Waals surface area contributed by atoms with Gasteiger partial charge in [-0.2, -0.15) is 0 Å². The number of carbonyl (C=O) groups excluding carboxylic acids is 1. The van der Waals surface area contributed by atoms with Crippen molar-refractivity contribution < 1.29 is 17.6 Å². The number of rotatable bonds is 6. The summed E-state index contributed by atoms with van der Waals surface area (Å²) in [6, 6.07) is 16.6. The lowest BCUT2D eigenvalue weighted by Gasteiger charge is -2.22. The normalized spacial score (nSPS) is 13.7. The first kappa shape index (κ1) is 23.1. The third-order valence-electron chi connectivity index (χ3n) is 5.63. The molecule has 0 spiro atoms. The Morgan fingerprint density at radius 1 is 1.03 bits per heavy atom. The topological polar surface area (TPSA) is 69.7 Å². The maximum atomic E-state index is 13.2. The second-order valence-electron chi connectivity index (χ2n) is 7.76. The molecule has 4 rings (SSSR count). The molecule has 0 bridgehead atoms. The zero-order chi connectivity index (χ0) is 23.6. The van der Waals surface area contributed by atoms with E-state index in [2.05, 4.69) is 10.2 Å². The molecule has 1 fully saturated rings. The molecule has 1 N–H and O–H groups in total. The molecule has 0 radical (unpaired) electrons. The van der Waals surface area contributed by atoms with Gasteiger partial charge in [0, 0.05) is 20.1 Å². The first-order valence-electron chi connectivity index (χ1n) is 10.5. The molecule has 33 heavy (non-hydrogen) atoms. The van der Waals surface area contributed by atoms with Crippen LogP contribution in [0, 0.1) is 5.82 Å². The molecular formula is C24H23ClFN3O3S. The van der Waals surface area contributed by atoms with Gasteiger partial charge in [0.05, 0.1) is 32.5 Å². The highest BCUT2D eigenvalue weighted by Crippen LogP contribution is 2.31. The summed E-state index contributed by atoms with van der Waals surface area (Å²) in [7, 11) is -2.64. The number of benzene rings is 3. The number of amides is 1. The fraction of sp³-hybridized carbons (Fsp3) is 0.208. The van der Waals surface area contributed by atoms with Gasteiger partial charge < -0.3 is 10.2 Å². The highest BCUT2D eigenvalue weighted by atomic mass is 35.5. The molecule has 172 valence electrons. The number of nitrogens with zero attached hydrogens (tertiary/aromatic N) is 2. The van der Waals surface area contributed by atoms with Crippen molar-refractivity contribution in [3.05, 3.63) is 83.1 Å². The van der Waals surface area contributed by atoms with Crippen LogP contribution >= 0.6 is 11.6 Å². The van der Waals surface area contributed by atoms with E-state index in [-0.39, 0.29) is 21.2 Å². The van der Waals surface area contributed by atoms with Gasteiger partial charge in [-0.3, -0.25) is 9.10 Å². The summed E-state index contributed by atoms with van der Waals surface area (Å²) in [5, 5.41) is 3.01. The van der Waals surface area contributed by atoms with Crippen LogP contribution in [-0.4, -0.2) is 34.5 Å². The van der Waals surface area contributed by atoms with Crippen molar-refractivity contribution >= 4 is 44.6 Å². The Morgan fingerprint density at radius 2 is 1.70 bits per heavy atom. The Kier molecular flexibility index (Phi) is 6.58. The van der Waals surface area contributed by atoms with Gasteiger partial charge >= 0.3 is 0 Å². The van der Waals surface area contributed by atoms with Gasteiger partial charge in [-0.15, -0.1) is 0 Å². The van der Waals surface area contributed by atoms with E-state index in [9.17, 15) is 17.6 Å². The van der Waals surface area contributed by atoms with E-state index in [1.54, 1.807) is 0 Å². The Balaban J connectivity index is 1.62. The minimum Gasteiger partial charge on any atom is -0.370 e. The Hall–Kier alpha value is -3.10. The minimum atomic E-state index is -4.01. The Labute approximate surface area is 197 Å². The van der Waals surface area contributed by atoms with E-state index < -0.39 is 21.7 Å². The average molecular weight is 488 g/mol. The van der Waals surface area contributed by atoms with Crippen LogP contribution in [0.5, 0.6) is 0 Å². The quantitative estimate of drug-likeness (QED) is 0.521. The third-order valence-corrected chi connectivity index (χ3v) is 7.74. The largest absolute Gasteiger partial charge is 0.370 e. The lowest BCUT2D eigenvalue weighted by atomic mass is 10.2. The summed E-state index contributed by atoms with van der Waals surface area (Å²) in [6.07, 6.45) is 2.19. The Morgan fingerprint density at radius 3 is 2.39 bits per heavy atom. The summed E-state index contributed by atoms with van der Waals surface area (Å²) >= 11 is 6.27. The standard InChI is InChI=1S/C24H23ClFN3O3S/c1-28(18-10-8-17(26)9-11-18)33(31,32)19-12-13-21(25)20(16-19)24(30)27-22-6-2-3-7-23(22)29-14-4-5-15-29/h2-3,6-13,16H,4-5,14-15H2,1H3,(H,27,30). The highest BCUT2D eigenvalue weighted by molar-refractivity contribution is 7.92. The van der Waals surface area contributed by atoms with Crippen LogP contribution in [-0.2, 0) is 10.0 Å². The van der Waals surface area contributed by atoms with E-state index in [1.807, 2.05) is 24.3 Å². The van der Waals surface area contributed by atoms with Crippen LogP contribution in [0.25, 0.3) is 0 Å². The molecule has 0 aliphatic carbocycles. The van der Waals surface area contributed by atoms with E-state index >= 15 is 0 Å². The van der Waals surface area contributed by atoms with E-state index in [1.165, 1.54) is 49.5 Å². The lowest BCUT2D eigenvalue weighted by Crippen LogP contribution is -2.27. The average Bonchev–Trinajstić information content (AvgIpc) is 3.34. The Bertz CT molecular complexity index is 1280. The van der Waals surface area contributed by atoms with Crippen LogP contribution in [0.15, 0.2) is 71.6 Å². The fourth-order valence-electron chi connectivity index (χ4n) is 3.79. The molecule has 0 saturated carbocycles. The molecule has 1 amide bonds. The summed E-state index contributed by atoms with van der Waals surface area (Å²) in [5.41, 5.74) is 1.88. The van der Waals surface area contributed by atoms with Crippen LogP contribution < -0.4 is 14.5 Å². The number of anilines is 3. The van der Waals surface area contributed by atoms with Crippen molar-refractivity contribution in [2.75, 3.05) is 34.7 Å². The molecule has 6 nitrogen and oxygen atoms in total. The summed E-state index contributed by atoms with van der Waals surface area (Å²) in [4.78, 5) is 15.2. The molecule has 3 aromatic carbocycles. The zero-order valence-electron chi connectivity index (χ0n) is 18.0. The predicted molar refractivity (Wildman–Crippen MR) is 129 cm³/mol. The molecule has 1 saturated heterocycles. The predicted octanol–water partition coefficient (Wildman–Crippen LogP) is 5.16. The maximum Gasteiger partial charge on any atom is 0.264 e. The smallest absolute Gasteiger partial charge is 0.264 e. The number of hydrogen-bond acceptors (Lipinski definition) is 4. The van der Waals surface area contributed by atoms with Gasteiger partial charge in [-0.05, 0) is 67.4 Å². The zero-order valence-corrected chi connectivity index (χ0v) is 19.5. The molecular weight excluding hydrogens is 465 g/mol. The van der Waals surface area contributed by atoms with Crippen molar-refractivity contribution in [1.82, 2.24) is 0 Å². The van der Waals surface area contributed by atoms with E-state index in [0.29, 0.717) is 5.69 Å². The third kappa shape index (κ3) is 4.82. The molecule has 9 heteroatoms. The van der Waals surface area contributed by atoms with Crippen molar-refractivity contribution in [2.24, 2.45) is 0 Å². The maximum absolute atomic E-state index is 13.2. The highest BCUT2D eigenvalue weighted by Gasteiger charge is 2.24. The summed E-state index contributed by atoms with van der Waals surface area (Å²) in [6.45, 7) is 1.83. The molecule has 0 aromatic heterocycles. The van der Waals surface area contributed by atoms with Gasteiger partial charge in [0.2, 0.25) is 0 Å². The van der Waals surface area contributed by atoms with Gasteiger partial charge in [-0.1, -0.05) is 23.7 Å². The second-order valence-corrected chi connectivity index (χ2v) is 10.1. The molecule has 0 atom stereocenters. The van der Waals surface area contributed by atoms with Gasteiger partial charge in [0.15, 0.2) is 0 Å². The SMILES string of the molecule is CN(c1ccc(F)cc1)S(=O)(=O)c1ccc(Cl)c(C(=O)Nc2ccccc2N2CCCC2)c1. The fourth-order valence-corrected chi connectivity index (χ4v) is 5.22. The number of carbonyl (C=O) groups is 1. The van der Waals surface area contributed by atoms with Gasteiger partial charge in [-0.25, -0.2) is 12.8 Å². The number of sulfonamides is 1. The summed E-state index contributed by atoms with van der Waals surface area (Å²) < 4.78 is 40.5. The monoisotopic (exact) mass is 487 g/mol. The first-order chi connectivity index (χ1) is 15.8. The summed E-state index contributed by atoms with van der Waals surface area (Å²) in [5.74, 6) is -0.975. The van der Waals surface area contributed by atoms with Gasteiger partial charge in [0.1, 0.15) is 5.82 Å². The molecule has 0 unspecified atom stereocenters. The van der Waals surface area contributed by atoms with E-state index in [0.717, 1.165) is 35.9 Å². The molecule has 3 aromatic rings. The minimum absolute atomic E-state index is 0.0430. The first-order valence-corrected chi connectivity index (χ1v) is 12.3. The molecule has 1 aliphatic rings. The van der Waals surface area contributed by atoms with Crippen molar-refractivity contribution in [3.63, 3.8) is 0 Å². The van der Waals surface area contributed by atoms with Crippen LogP contribution in [0.2, 0.25) is 5.02 Å². The molecule has 1 heterocycles.